The SMILES string of the molecule is CCCNC(=O)CNc1cc(NCCC)nc(COC)n1. The third kappa shape index (κ3) is 6.89. The van der Waals surface area contributed by atoms with Gasteiger partial charge in [-0.15, -0.1) is 0 Å². The molecule has 1 amide bonds. The molecular weight excluding hydrogens is 270 g/mol. The van der Waals surface area contributed by atoms with Crippen molar-refractivity contribution in [1.29, 1.82) is 0 Å². The normalized spacial score (nSPS) is 10.2. The van der Waals surface area contributed by atoms with Crippen LogP contribution in [0.5, 0.6) is 0 Å². The van der Waals surface area contributed by atoms with Gasteiger partial charge in [-0.3, -0.25) is 4.79 Å². The molecule has 0 bridgehead atoms. The van der Waals surface area contributed by atoms with E-state index in [4.69, 9.17) is 4.74 Å². The Bertz CT molecular complexity index is 439. The van der Waals surface area contributed by atoms with Crippen molar-refractivity contribution in [2.45, 2.75) is 33.3 Å². The molecule has 0 aliphatic heterocycles. The summed E-state index contributed by atoms with van der Waals surface area (Å²) in [5, 5.41) is 9.02. The lowest BCUT2D eigenvalue weighted by Gasteiger charge is -2.11. The van der Waals surface area contributed by atoms with E-state index in [-0.39, 0.29) is 12.5 Å². The summed E-state index contributed by atoms with van der Waals surface area (Å²) in [5.41, 5.74) is 0. The predicted octanol–water partition coefficient (Wildman–Crippen LogP) is 1.38. The molecule has 0 aliphatic rings. The molecule has 7 heteroatoms. The standard InChI is InChI=1S/C14H25N5O2/c1-4-6-15-11-8-12(19-13(18-11)10-21-3)17-9-14(20)16-7-5-2/h8H,4-7,9-10H2,1-3H3,(H,16,20)(H2,15,17,18,19). The zero-order valence-electron chi connectivity index (χ0n) is 13.0. The first-order valence-corrected chi connectivity index (χ1v) is 7.30. The van der Waals surface area contributed by atoms with E-state index in [2.05, 4.69) is 32.8 Å². The van der Waals surface area contributed by atoms with E-state index < -0.39 is 0 Å². The van der Waals surface area contributed by atoms with Gasteiger partial charge in [0.25, 0.3) is 0 Å². The number of carbonyl (C=O) groups excluding carboxylic acids is 1. The summed E-state index contributed by atoms with van der Waals surface area (Å²) in [6, 6.07) is 1.79. The molecule has 0 saturated carbocycles. The fourth-order valence-corrected chi connectivity index (χ4v) is 1.62. The minimum atomic E-state index is -0.0492. The molecular formula is C14H25N5O2. The summed E-state index contributed by atoms with van der Waals surface area (Å²) < 4.78 is 5.06. The van der Waals surface area contributed by atoms with Gasteiger partial charge in [0, 0.05) is 26.3 Å². The van der Waals surface area contributed by atoms with Crippen LogP contribution in [0.15, 0.2) is 6.07 Å². The smallest absolute Gasteiger partial charge is 0.239 e. The predicted molar refractivity (Wildman–Crippen MR) is 83.3 cm³/mol. The number of rotatable bonds is 10. The van der Waals surface area contributed by atoms with Gasteiger partial charge in [-0.1, -0.05) is 13.8 Å². The Morgan fingerprint density at radius 3 is 2.43 bits per heavy atom. The van der Waals surface area contributed by atoms with Crippen molar-refractivity contribution in [3.8, 4) is 0 Å². The molecule has 0 saturated heterocycles. The third-order valence-electron chi connectivity index (χ3n) is 2.60. The van der Waals surface area contributed by atoms with E-state index in [1.807, 2.05) is 6.92 Å². The number of methoxy groups -OCH3 is 1. The minimum Gasteiger partial charge on any atom is -0.377 e. The Labute approximate surface area is 125 Å². The van der Waals surface area contributed by atoms with Gasteiger partial charge in [-0.05, 0) is 12.8 Å². The Kier molecular flexibility index (Phi) is 8.11. The van der Waals surface area contributed by atoms with Crippen molar-refractivity contribution >= 4 is 17.5 Å². The summed E-state index contributed by atoms with van der Waals surface area (Å²) in [6.07, 6.45) is 1.92. The van der Waals surface area contributed by atoms with E-state index in [1.165, 1.54) is 0 Å². The number of aromatic nitrogens is 2. The van der Waals surface area contributed by atoms with Crippen LogP contribution in [-0.4, -0.2) is 42.6 Å². The van der Waals surface area contributed by atoms with Gasteiger partial charge in [-0.25, -0.2) is 9.97 Å². The van der Waals surface area contributed by atoms with Crippen LogP contribution < -0.4 is 16.0 Å². The minimum absolute atomic E-state index is 0.0492. The highest BCUT2D eigenvalue weighted by Gasteiger charge is 2.06. The van der Waals surface area contributed by atoms with Crippen molar-refractivity contribution in [3.05, 3.63) is 11.9 Å². The fourth-order valence-electron chi connectivity index (χ4n) is 1.62. The quantitative estimate of drug-likeness (QED) is 0.604. The first-order valence-electron chi connectivity index (χ1n) is 7.30. The van der Waals surface area contributed by atoms with Crippen molar-refractivity contribution in [3.63, 3.8) is 0 Å². The highest BCUT2D eigenvalue weighted by molar-refractivity contribution is 5.80. The molecule has 118 valence electrons. The van der Waals surface area contributed by atoms with Crippen molar-refractivity contribution in [1.82, 2.24) is 15.3 Å². The van der Waals surface area contributed by atoms with Crippen molar-refractivity contribution in [2.75, 3.05) is 37.4 Å². The molecule has 0 unspecified atom stereocenters. The Hall–Kier alpha value is -1.89. The van der Waals surface area contributed by atoms with Gasteiger partial charge in [0.15, 0.2) is 5.82 Å². The van der Waals surface area contributed by atoms with Crippen LogP contribution in [0.2, 0.25) is 0 Å². The average Bonchev–Trinajstić information content (AvgIpc) is 2.49. The molecule has 0 aromatic carbocycles. The second-order valence-electron chi connectivity index (χ2n) is 4.62. The first-order chi connectivity index (χ1) is 10.2. The zero-order chi connectivity index (χ0) is 15.5. The number of amides is 1. The van der Waals surface area contributed by atoms with Crippen LogP contribution in [0.1, 0.15) is 32.5 Å². The first kappa shape index (κ1) is 17.2. The highest BCUT2D eigenvalue weighted by atomic mass is 16.5. The molecule has 7 nitrogen and oxygen atoms in total. The maximum atomic E-state index is 11.6. The van der Waals surface area contributed by atoms with Crippen LogP contribution >= 0.6 is 0 Å². The number of ether oxygens (including phenoxy) is 1. The monoisotopic (exact) mass is 295 g/mol. The van der Waals surface area contributed by atoms with Gasteiger partial charge in [0.1, 0.15) is 18.2 Å². The molecule has 1 heterocycles. The van der Waals surface area contributed by atoms with Gasteiger partial charge < -0.3 is 20.7 Å². The topological polar surface area (TPSA) is 88.2 Å². The molecule has 21 heavy (non-hydrogen) atoms. The van der Waals surface area contributed by atoms with Gasteiger partial charge in [0.05, 0.1) is 6.54 Å². The molecule has 0 spiro atoms. The van der Waals surface area contributed by atoms with E-state index >= 15 is 0 Å². The van der Waals surface area contributed by atoms with Crippen LogP contribution in [0.25, 0.3) is 0 Å². The molecule has 0 fully saturated rings. The average molecular weight is 295 g/mol. The second-order valence-corrected chi connectivity index (χ2v) is 4.62. The Morgan fingerprint density at radius 1 is 1.14 bits per heavy atom. The van der Waals surface area contributed by atoms with E-state index in [9.17, 15) is 4.79 Å². The summed E-state index contributed by atoms with van der Waals surface area (Å²) in [7, 11) is 1.60. The number of anilines is 2. The van der Waals surface area contributed by atoms with Crippen LogP contribution in [0, 0.1) is 0 Å². The molecule has 1 rings (SSSR count). The lowest BCUT2D eigenvalue weighted by molar-refractivity contribution is -0.119. The highest BCUT2D eigenvalue weighted by Crippen LogP contribution is 2.11. The van der Waals surface area contributed by atoms with Gasteiger partial charge in [0.2, 0.25) is 5.91 Å². The van der Waals surface area contributed by atoms with E-state index in [0.29, 0.717) is 24.8 Å². The molecule has 0 radical (unpaired) electrons. The maximum absolute atomic E-state index is 11.6. The number of nitrogens with zero attached hydrogens (tertiary/aromatic N) is 2. The Morgan fingerprint density at radius 2 is 1.81 bits per heavy atom. The third-order valence-corrected chi connectivity index (χ3v) is 2.60. The van der Waals surface area contributed by atoms with Crippen LogP contribution in [0.4, 0.5) is 11.6 Å². The lowest BCUT2D eigenvalue weighted by Crippen LogP contribution is -2.30. The Balaban J connectivity index is 2.65. The number of hydrogen-bond acceptors (Lipinski definition) is 6. The number of carbonyl (C=O) groups is 1. The zero-order valence-corrected chi connectivity index (χ0v) is 13.0. The number of nitrogens with one attached hydrogen (secondary N) is 3. The summed E-state index contributed by atoms with van der Waals surface area (Å²) in [5.74, 6) is 1.87. The van der Waals surface area contributed by atoms with Crippen LogP contribution in [0.3, 0.4) is 0 Å². The van der Waals surface area contributed by atoms with Crippen molar-refractivity contribution in [2.24, 2.45) is 0 Å². The lowest BCUT2D eigenvalue weighted by atomic mass is 10.4. The molecule has 1 aromatic heterocycles. The molecule has 1 aromatic rings. The second kappa shape index (κ2) is 9.93. The largest absolute Gasteiger partial charge is 0.377 e. The fraction of sp³-hybridized carbons (Fsp3) is 0.643. The molecule has 0 aliphatic carbocycles. The summed E-state index contributed by atoms with van der Waals surface area (Å²) in [4.78, 5) is 20.3. The van der Waals surface area contributed by atoms with Crippen molar-refractivity contribution < 1.29 is 9.53 Å². The molecule has 0 atom stereocenters. The molecule has 3 N–H and O–H groups in total. The summed E-state index contributed by atoms with van der Waals surface area (Å²) >= 11 is 0. The van der Waals surface area contributed by atoms with E-state index in [0.717, 1.165) is 25.2 Å². The van der Waals surface area contributed by atoms with Gasteiger partial charge >= 0.3 is 0 Å². The number of hydrogen-bond donors (Lipinski definition) is 3. The maximum Gasteiger partial charge on any atom is 0.239 e. The summed E-state index contributed by atoms with van der Waals surface area (Å²) in [6.45, 7) is 6.14. The van der Waals surface area contributed by atoms with Crippen LogP contribution in [-0.2, 0) is 16.1 Å². The van der Waals surface area contributed by atoms with Gasteiger partial charge in [-0.2, -0.15) is 0 Å². The van der Waals surface area contributed by atoms with E-state index in [1.54, 1.807) is 13.2 Å².